The molecular weight excluding hydrogens is 414 g/mol. The second-order valence-electron chi connectivity index (χ2n) is 9.25. The molecule has 4 heterocycles. The second kappa shape index (κ2) is 9.85. The Morgan fingerprint density at radius 2 is 1.88 bits per heavy atom. The zero-order valence-corrected chi connectivity index (χ0v) is 19.1. The molecule has 33 heavy (non-hydrogen) atoms. The number of ether oxygens (including phenoxy) is 1. The number of piperidine rings is 3. The van der Waals surface area contributed by atoms with E-state index in [4.69, 9.17) is 4.74 Å². The maximum Gasteiger partial charge on any atom is 0.229 e. The molecule has 0 spiro atoms. The third-order valence-corrected chi connectivity index (χ3v) is 7.23. The van der Waals surface area contributed by atoms with Crippen LogP contribution in [0.25, 0.3) is 22.4 Å². The molecule has 3 fully saturated rings. The lowest BCUT2D eigenvalue weighted by Gasteiger charge is -2.46. The zero-order chi connectivity index (χ0) is 22.6. The van der Waals surface area contributed by atoms with Crippen LogP contribution >= 0.6 is 0 Å². The Kier molecular flexibility index (Phi) is 6.51. The Balaban J connectivity index is 1.20. The second-order valence-corrected chi connectivity index (χ2v) is 9.25. The lowest BCUT2D eigenvalue weighted by molar-refractivity contribution is -0.945. The topological polar surface area (TPSA) is 73.5 Å². The standard InChI is InChI=1S/C26H31N5O2/c1-33-14-12-27-26(32)24-17-30-13-11-22(24)15-23(30)16-31-18-25(28-29-31)21-9-7-20(8-10-21)19-5-3-2-4-6-19/h2-10,18,22-24H,11-17H2,1H3,(H,27,32)/p+1/t22-,23+,24-/m0/s1. The van der Waals surface area contributed by atoms with E-state index >= 15 is 0 Å². The molecule has 1 unspecified atom stereocenters. The van der Waals surface area contributed by atoms with E-state index in [-0.39, 0.29) is 11.8 Å². The first-order valence-electron chi connectivity index (χ1n) is 11.9. The number of hydrogen-bond acceptors (Lipinski definition) is 4. The van der Waals surface area contributed by atoms with Crippen LogP contribution < -0.4 is 10.2 Å². The summed E-state index contributed by atoms with van der Waals surface area (Å²) in [7, 11) is 1.66. The number of carbonyl (C=O) groups excluding carboxylic acids is 1. The van der Waals surface area contributed by atoms with Crippen LogP contribution in [-0.2, 0) is 16.1 Å². The van der Waals surface area contributed by atoms with Gasteiger partial charge in [-0.1, -0.05) is 59.8 Å². The predicted octanol–water partition coefficient (Wildman–Crippen LogP) is 1.67. The molecule has 6 rings (SSSR count). The number of nitrogens with zero attached hydrogens (tertiary/aromatic N) is 3. The van der Waals surface area contributed by atoms with Gasteiger partial charge >= 0.3 is 0 Å². The van der Waals surface area contributed by atoms with Crippen LogP contribution in [-0.4, -0.2) is 60.3 Å². The molecule has 2 N–H and O–H groups in total. The summed E-state index contributed by atoms with van der Waals surface area (Å²) in [5.74, 6) is 0.773. The van der Waals surface area contributed by atoms with E-state index in [0.29, 0.717) is 25.1 Å². The lowest BCUT2D eigenvalue weighted by Crippen LogP contribution is -3.20. The summed E-state index contributed by atoms with van der Waals surface area (Å²) in [5, 5.41) is 11.9. The van der Waals surface area contributed by atoms with Gasteiger partial charge in [-0.05, 0) is 17.0 Å². The van der Waals surface area contributed by atoms with E-state index in [1.807, 2.05) is 10.7 Å². The van der Waals surface area contributed by atoms with Crippen LogP contribution in [0.15, 0.2) is 60.8 Å². The monoisotopic (exact) mass is 446 g/mol. The number of quaternary nitrogens is 1. The van der Waals surface area contributed by atoms with Crippen molar-refractivity contribution >= 4 is 5.91 Å². The van der Waals surface area contributed by atoms with E-state index in [1.165, 1.54) is 16.0 Å². The van der Waals surface area contributed by atoms with Gasteiger partial charge in [-0.2, -0.15) is 0 Å². The van der Waals surface area contributed by atoms with Gasteiger partial charge < -0.3 is 15.0 Å². The van der Waals surface area contributed by atoms with Crippen molar-refractivity contribution in [2.75, 3.05) is 33.4 Å². The molecule has 0 saturated carbocycles. The fourth-order valence-electron chi connectivity index (χ4n) is 5.44. The number of rotatable bonds is 8. The van der Waals surface area contributed by atoms with Crippen molar-refractivity contribution in [2.24, 2.45) is 11.8 Å². The quantitative estimate of drug-likeness (QED) is 0.517. The number of amides is 1. The Morgan fingerprint density at radius 1 is 1.12 bits per heavy atom. The van der Waals surface area contributed by atoms with Gasteiger partial charge in [0.25, 0.3) is 0 Å². The highest BCUT2D eigenvalue weighted by Crippen LogP contribution is 2.28. The summed E-state index contributed by atoms with van der Waals surface area (Å²) in [4.78, 5) is 14.1. The Bertz CT molecular complexity index is 1070. The number of carbonyl (C=O) groups is 1. The summed E-state index contributed by atoms with van der Waals surface area (Å²) in [6, 6.07) is 19.4. The molecule has 7 nitrogen and oxygen atoms in total. The molecule has 2 bridgehead atoms. The molecule has 172 valence electrons. The van der Waals surface area contributed by atoms with Crippen LogP contribution in [0.2, 0.25) is 0 Å². The highest BCUT2D eigenvalue weighted by molar-refractivity contribution is 5.79. The van der Waals surface area contributed by atoms with E-state index in [2.05, 4.69) is 70.4 Å². The molecule has 1 amide bonds. The van der Waals surface area contributed by atoms with Crippen molar-refractivity contribution in [3.05, 3.63) is 60.8 Å². The maximum absolute atomic E-state index is 12.6. The summed E-state index contributed by atoms with van der Waals surface area (Å²) >= 11 is 0. The molecule has 0 aliphatic carbocycles. The van der Waals surface area contributed by atoms with E-state index in [1.54, 1.807) is 7.11 Å². The molecule has 1 aromatic heterocycles. The Labute approximate surface area is 194 Å². The molecule has 3 aromatic rings. The molecule has 7 heteroatoms. The summed E-state index contributed by atoms with van der Waals surface area (Å²) in [5.41, 5.74) is 4.38. The van der Waals surface area contributed by atoms with E-state index in [9.17, 15) is 4.79 Å². The lowest BCUT2D eigenvalue weighted by atomic mass is 9.75. The van der Waals surface area contributed by atoms with Crippen molar-refractivity contribution in [1.29, 1.82) is 0 Å². The number of benzene rings is 2. The van der Waals surface area contributed by atoms with E-state index in [0.717, 1.165) is 43.7 Å². The van der Waals surface area contributed by atoms with Crippen molar-refractivity contribution in [3.63, 3.8) is 0 Å². The average Bonchev–Trinajstić information content (AvgIpc) is 3.33. The minimum absolute atomic E-state index is 0.122. The van der Waals surface area contributed by atoms with Gasteiger partial charge in [-0.15, -0.1) is 5.10 Å². The van der Waals surface area contributed by atoms with Crippen LogP contribution in [0.5, 0.6) is 0 Å². The predicted molar refractivity (Wildman–Crippen MR) is 126 cm³/mol. The number of hydrogen-bond donors (Lipinski definition) is 2. The molecule has 3 aliphatic heterocycles. The minimum atomic E-state index is 0.122. The van der Waals surface area contributed by atoms with Crippen molar-refractivity contribution in [1.82, 2.24) is 20.3 Å². The van der Waals surface area contributed by atoms with Gasteiger partial charge in [0.05, 0.1) is 38.4 Å². The first-order valence-corrected chi connectivity index (χ1v) is 11.9. The largest absolute Gasteiger partial charge is 0.383 e. The molecule has 3 aliphatic rings. The smallest absolute Gasteiger partial charge is 0.229 e. The van der Waals surface area contributed by atoms with Gasteiger partial charge in [0, 0.05) is 32.1 Å². The third kappa shape index (κ3) is 4.84. The SMILES string of the molecule is COCCNC(=O)[C@H]1C[NH+]2CC[C@H]1C[C@@H]2Cn1cc(-c2ccc(-c3ccccc3)cc2)nn1. The summed E-state index contributed by atoms with van der Waals surface area (Å²) in [6.45, 7) is 4.05. The third-order valence-electron chi connectivity index (χ3n) is 7.23. The molecule has 3 saturated heterocycles. The minimum Gasteiger partial charge on any atom is -0.383 e. The molecule has 4 atom stereocenters. The summed E-state index contributed by atoms with van der Waals surface area (Å²) in [6.07, 6.45) is 4.25. The normalized spacial score (nSPS) is 24.0. The van der Waals surface area contributed by atoms with Crippen molar-refractivity contribution < 1.29 is 14.4 Å². The van der Waals surface area contributed by atoms with Crippen LogP contribution in [0.4, 0.5) is 0 Å². The highest BCUT2D eigenvalue weighted by Gasteiger charge is 2.46. The van der Waals surface area contributed by atoms with Crippen molar-refractivity contribution in [3.8, 4) is 22.4 Å². The van der Waals surface area contributed by atoms with Gasteiger partial charge in [0.15, 0.2) is 0 Å². The first-order chi connectivity index (χ1) is 16.2. The molecule has 2 aromatic carbocycles. The van der Waals surface area contributed by atoms with Crippen LogP contribution in [0, 0.1) is 11.8 Å². The van der Waals surface area contributed by atoms with Gasteiger partial charge in [0.1, 0.15) is 11.7 Å². The zero-order valence-electron chi connectivity index (χ0n) is 19.1. The molecule has 0 radical (unpaired) electrons. The Morgan fingerprint density at radius 3 is 2.61 bits per heavy atom. The van der Waals surface area contributed by atoms with Gasteiger partial charge in [-0.25, -0.2) is 4.68 Å². The van der Waals surface area contributed by atoms with Gasteiger partial charge in [0.2, 0.25) is 5.91 Å². The fraction of sp³-hybridized carbons (Fsp3) is 0.423. The maximum atomic E-state index is 12.6. The van der Waals surface area contributed by atoms with E-state index < -0.39 is 0 Å². The van der Waals surface area contributed by atoms with Crippen molar-refractivity contribution in [2.45, 2.75) is 25.4 Å². The fourth-order valence-corrected chi connectivity index (χ4v) is 5.44. The highest BCUT2D eigenvalue weighted by atomic mass is 16.5. The average molecular weight is 447 g/mol. The van der Waals surface area contributed by atoms with Crippen LogP contribution in [0.1, 0.15) is 12.8 Å². The Hall–Kier alpha value is -3.03. The van der Waals surface area contributed by atoms with Gasteiger partial charge in [-0.3, -0.25) is 4.79 Å². The number of nitrogens with one attached hydrogen (secondary N) is 2. The van der Waals surface area contributed by atoms with Crippen LogP contribution in [0.3, 0.4) is 0 Å². The number of fused-ring (bicyclic) bond motifs is 3. The first kappa shape index (κ1) is 21.8. The molecular formula is C26H32N5O2+. The number of methoxy groups -OCH3 is 1. The summed E-state index contributed by atoms with van der Waals surface area (Å²) < 4.78 is 7.03. The number of aromatic nitrogens is 3.